The second kappa shape index (κ2) is 10.8. The number of carbonyl (C=O) groups excluding carboxylic acids is 4. The molecular weight excluding hydrogens is 368 g/mol. The van der Waals surface area contributed by atoms with Crippen LogP contribution in [0.1, 0.15) is 39.0 Å². The lowest BCUT2D eigenvalue weighted by atomic mass is 10.1. The minimum Gasteiger partial charge on any atom is -0.445 e. The monoisotopic (exact) mass is 392 g/mol. The van der Waals surface area contributed by atoms with Crippen LogP contribution < -0.4 is 0 Å². The topological polar surface area (TPSA) is 166 Å². The highest BCUT2D eigenvalue weighted by Gasteiger charge is 2.52. The van der Waals surface area contributed by atoms with Gasteiger partial charge in [0.1, 0.15) is 6.61 Å². The van der Waals surface area contributed by atoms with Gasteiger partial charge in [0.15, 0.2) is 0 Å². The number of unbranched alkanes of at least 4 members (excludes halogenated alkanes) is 3. The maximum Gasteiger partial charge on any atom is 0.396 e. The van der Waals surface area contributed by atoms with Crippen molar-refractivity contribution in [2.75, 3.05) is 19.8 Å². The fourth-order valence-corrected chi connectivity index (χ4v) is 2.15. The number of aliphatic hydroxyl groups excluding tert-OH is 3. The van der Waals surface area contributed by atoms with Crippen LogP contribution >= 0.6 is 0 Å². The summed E-state index contributed by atoms with van der Waals surface area (Å²) < 4.78 is 18.9. The summed E-state index contributed by atoms with van der Waals surface area (Å²) in [7, 11) is 0. The van der Waals surface area contributed by atoms with E-state index in [1.807, 2.05) is 6.92 Å². The molecule has 1 heterocycles. The van der Waals surface area contributed by atoms with Gasteiger partial charge in [0.2, 0.25) is 12.2 Å². The molecule has 0 aromatic rings. The summed E-state index contributed by atoms with van der Waals surface area (Å²) in [5.41, 5.74) is 0. The molecule has 3 atom stereocenters. The average Bonchev–Trinajstić information content (AvgIpc) is 2.68. The third-order valence-corrected chi connectivity index (χ3v) is 3.66. The van der Waals surface area contributed by atoms with Gasteiger partial charge in [-0.05, 0) is 6.42 Å². The molecule has 27 heavy (non-hydrogen) atoms. The molecule has 154 valence electrons. The van der Waals surface area contributed by atoms with Crippen LogP contribution in [0.15, 0.2) is 0 Å². The highest BCUT2D eigenvalue weighted by molar-refractivity contribution is 5.90. The molecule has 0 aromatic carbocycles. The molecule has 1 aliphatic heterocycles. The zero-order valence-electron chi connectivity index (χ0n) is 14.9. The number of esters is 4. The molecule has 3 N–H and O–H groups in total. The van der Waals surface area contributed by atoms with Crippen LogP contribution in [0.3, 0.4) is 0 Å². The van der Waals surface area contributed by atoms with Crippen molar-refractivity contribution in [1.29, 1.82) is 0 Å². The molecule has 0 aromatic heterocycles. The van der Waals surface area contributed by atoms with E-state index in [0.29, 0.717) is 6.42 Å². The number of carbonyl (C=O) groups is 4. The van der Waals surface area contributed by atoms with E-state index < -0.39 is 61.7 Å². The lowest BCUT2D eigenvalue weighted by Crippen LogP contribution is -2.53. The van der Waals surface area contributed by atoms with Gasteiger partial charge in [0.05, 0.1) is 13.2 Å². The summed E-state index contributed by atoms with van der Waals surface area (Å²) in [6.07, 6.45) is -0.870. The Hall–Kier alpha value is -2.24. The summed E-state index contributed by atoms with van der Waals surface area (Å²) in [4.78, 5) is 48.2. The maximum absolute atomic E-state index is 12.3. The zero-order chi connectivity index (χ0) is 20.4. The van der Waals surface area contributed by atoms with Crippen LogP contribution in [-0.4, -0.2) is 77.0 Å². The molecule has 0 saturated carbocycles. The fourth-order valence-electron chi connectivity index (χ4n) is 2.15. The highest BCUT2D eigenvalue weighted by Crippen LogP contribution is 2.22. The standard InChI is InChI=1S/C16H24O11/c1-2-3-4-5-6-12(20)26-16(9-19)15(23)25-10(7-17)13(21)24-11(8-18)14(22)27-16/h10-11,17-19H,2-9H2,1H3. The first-order valence-corrected chi connectivity index (χ1v) is 8.52. The second-order valence-corrected chi connectivity index (χ2v) is 5.80. The first-order valence-electron chi connectivity index (χ1n) is 8.52. The summed E-state index contributed by atoms with van der Waals surface area (Å²) >= 11 is 0. The Bertz CT molecular complexity index is 544. The quantitative estimate of drug-likeness (QED) is 0.239. The molecule has 1 fully saturated rings. The average molecular weight is 392 g/mol. The molecular formula is C16H24O11. The van der Waals surface area contributed by atoms with Crippen LogP contribution in [0.2, 0.25) is 0 Å². The Morgan fingerprint density at radius 1 is 1.00 bits per heavy atom. The smallest absolute Gasteiger partial charge is 0.396 e. The molecule has 1 saturated heterocycles. The largest absolute Gasteiger partial charge is 0.445 e. The van der Waals surface area contributed by atoms with E-state index in [9.17, 15) is 24.3 Å². The van der Waals surface area contributed by atoms with Crippen LogP contribution in [0.5, 0.6) is 0 Å². The summed E-state index contributed by atoms with van der Waals surface area (Å²) in [5.74, 6) is -8.16. The number of hydrogen-bond donors (Lipinski definition) is 3. The van der Waals surface area contributed by atoms with Crippen LogP contribution in [-0.2, 0) is 38.1 Å². The van der Waals surface area contributed by atoms with E-state index in [-0.39, 0.29) is 6.42 Å². The van der Waals surface area contributed by atoms with Crippen LogP contribution in [0.25, 0.3) is 0 Å². The minimum absolute atomic E-state index is 0.116. The molecule has 11 heteroatoms. The number of hydrogen-bond acceptors (Lipinski definition) is 11. The van der Waals surface area contributed by atoms with Crippen molar-refractivity contribution >= 4 is 23.9 Å². The molecule has 0 aliphatic carbocycles. The zero-order valence-corrected chi connectivity index (χ0v) is 14.9. The molecule has 1 aliphatic rings. The lowest BCUT2D eigenvalue weighted by Gasteiger charge is -2.28. The fraction of sp³-hybridized carbons (Fsp3) is 0.750. The van der Waals surface area contributed by atoms with Gasteiger partial charge in [0, 0.05) is 6.42 Å². The van der Waals surface area contributed by atoms with Crippen LogP contribution in [0.4, 0.5) is 0 Å². The third-order valence-electron chi connectivity index (χ3n) is 3.66. The first kappa shape index (κ1) is 22.8. The Morgan fingerprint density at radius 3 is 2.19 bits per heavy atom. The molecule has 0 bridgehead atoms. The van der Waals surface area contributed by atoms with Gasteiger partial charge in [-0.2, -0.15) is 0 Å². The van der Waals surface area contributed by atoms with E-state index in [1.165, 1.54) is 0 Å². The normalized spacial score (nSPS) is 26.1. The minimum atomic E-state index is -2.88. The van der Waals surface area contributed by atoms with Gasteiger partial charge in [-0.15, -0.1) is 0 Å². The number of rotatable bonds is 9. The van der Waals surface area contributed by atoms with Gasteiger partial charge < -0.3 is 34.3 Å². The molecule has 0 amide bonds. The van der Waals surface area contributed by atoms with Crippen molar-refractivity contribution in [1.82, 2.24) is 0 Å². The van der Waals surface area contributed by atoms with E-state index >= 15 is 0 Å². The predicted molar refractivity (Wildman–Crippen MR) is 84.7 cm³/mol. The van der Waals surface area contributed by atoms with Crippen molar-refractivity contribution in [3.05, 3.63) is 0 Å². The van der Waals surface area contributed by atoms with Crippen molar-refractivity contribution in [2.45, 2.75) is 57.0 Å². The Balaban J connectivity index is 3.04. The molecule has 11 nitrogen and oxygen atoms in total. The maximum atomic E-state index is 12.3. The lowest BCUT2D eigenvalue weighted by molar-refractivity contribution is -0.251. The SMILES string of the molecule is CCCCCCC(=O)OC1(CO)OC(=O)C(CO)OC(=O)C(CO)OC1=O. The Morgan fingerprint density at radius 2 is 1.63 bits per heavy atom. The van der Waals surface area contributed by atoms with Gasteiger partial charge in [-0.25, -0.2) is 14.4 Å². The van der Waals surface area contributed by atoms with Gasteiger partial charge in [-0.1, -0.05) is 26.2 Å². The Kier molecular flexibility index (Phi) is 9.12. The van der Waals surface area contributed by atoms with Crippen molar-refractivity contribution in [3.63, 3.8) is 0 Å². The Labute approximate surface area is 155 Å². The van der Waals surface area contributed by atoms with E-state index in [0.717, 1.165) is 19.3 Å². The molecule has 1 rings (SSSR count). The number of cyclic esters (lactones) is 3. The number of aliphatic hydroxyl groups is 3. The van der Waals surface area contributed by atoms with E-state index in [1.54, 1.807) is 0 Å². The first-order chi connectivity index (χ1) is 12.8. The molecule has 3 unspecified atom stereocenters. The third kappa shape index (κ3) is 6.15. The van der Waals surface area contributed by atoms with Gasteiger partial charge in [0.25, 0.3) is 0 Å². The second-order valence-electron chi connectivity index (χ2n) is 5.80. The van der Waals surface area contributed by atoms with Gasteiger partial charge >= 0.3 is 29.7 Å². The predicted octanol–water partition coefficient (Wildman–Crippen LogP) is -1.45. The molecule has 0 spiro atoms. The van der Waals surface area contributed by atoms with E-state index in [2.05, 4.69) is 9.47 Å². The summed E-state index contributed by atoms with van der Waals surface area (Å²) in [5, 5.41) is 27.9. The highest BCUT2D eigenvalue weighted by atomic mass is 16.8. The molecule has 0 radical (unpaired) electrons. The summed E-state index contributed by atoms with van der Waals surface area (Å²) in [6.45, 7) is -1.35. The van der Waals surface area contributed by atoms with E-state index in [4.69, 9.17) is 19.7 Å². The van der Waals surface area contributed by atoms with Crippen molar-refractivity contribution < 1.29 is 53.4 Å². The van der Waals surface area contributed by atoms with Crippen molar-refractivity contribution in [3.8, 4) is 0 Å². The van der Waals surface area contributed by atoms with Crippen LogP contribution in [0, 0.1) is 0 Å². The number of ether oxygens (including phenoxy) is 4. The summed E-state index contributed by atoms with van der Waals surface area (Å²) in [6, 6.07) is 0. The van der Waals surface area contributed by atoms with Gasteiger partial charge in [-0.3, -0.25) is 4.79 Å². The van der Waals surface area contributed by atoms with Crippen molar-refractivity contribution in [2.24, 2.45) is 0 Å².